The molecule has 0 radical (unpaired) electrons. The highest BCUT2D eigenvalue weighted by Crippen LogP contribution is 2.15. The smallest absolute Gasteiger partial charge is 0.254 e. The second-order valence-corrected chi connectivity index (χ2v) is 6.32. The molecule has 1 fully saturated rings. The summed E-state index contributed by atoms with van der Waals surface area (Å²) in [5.74, 6) is -0.844. The molecule has 0 saturated carbocycles. The fourth-order valence-electron chi connectivity index (χ4n) is 2.69. The van der Waals surface area contributed by atoms with Crippen molar-refractivity contribution in [3.05, 3.63) is 35.6 Å². The van der Waals surface area contributed by atoms with E-state index in [9.17, 15) is 14.3 Å². The molecule has 116 valence electrons. The van der Waals surface area contributed by atoms with Crippen molar-refractivity contribution in [3.63, 3.8) is 0 Å². The predicted octanol–water partition coefficient (Wildman–Crippen LogP) is 1.79. The van der Waals surface area contributed by atoms with Crippen LogP contribution < -0.4 is 5.32 Å². The van der Waals surface area contributed by atoms with Crippen LogP contribution in [0.15, 0.2) is 24.3 Å². The zero-order chi connectivity index (χ0) is 15.5. The van der Waals surface area contributed by atoms with E-state index in [1.807, 2.05) is 0 Å². The molecule has 1 saturated heterocycles. The summed E-state index contributed by atoms with van der Waals surface area (Å²) in [6, 6.07) is 6.08. The minimum atomic E-state index is -0.705. The lowest BCUT2D eigenvalue weighted by molar-refractivity contribution is 0.0267. The Kier molecular flexibility index (Phi) is 4.96. The van der Waals surface area contributed by atoms with Gasteiger partial charge in [-0.3, -0.25) is 4.79 Å². The first-order valence-corrected chi connectivity index (χ1v) is 7.35. The Morgan fingerprint density at radius 2 is 2.00 bits per heavy atom. The van der Waals surface area contributed by atoms with Gasteiger partial charge in [0, 0.05) is 25.7 Å². The lowest BCUT2D eigenvalue weighted by atomic mass is 10.0. The van der Waals surface area contributed by atoms with Crippen molar-refractivity contribution < 1.29 is 14.3 Å². The molecular formula is C16H23FN2O2. The van der Waals surface area contributed by atoms with Crippen LogP contribution in [0.3, 0.4) is 0 Å². The van der Waals surface area contributed by atoms with Crippen molar-refractivity contribution in [1.82, 2.24) is 10.2 Å². The molecule has 0 aromatic heterocycles. The summed E-state index contributed by atoms with van der Waals surface area (Å²) in [5.41, 5.74) is -0.611. The summed E-state index contributed by atoms with van der Waals surface area (Å²) in [7, 11) is 0. The Balaban J connectivity index is 1.84. The monoisotopic (exact) mass is 294 g/mol. The first-order chi connectivity index (χ1) is 9.85. The number of nitrogens with zero attached hydrogens (tertiary/aromatic N) is 1. The van der Waals surface area contributed by atoms with Gasteiger partial charge < -0.3 is 15.3 Å². The number of carbonyl (C=O) groups excluding carboxylic acids is 1. The van der Waals surface area contributed by atoms with Gasteiger partial charge in [0.05, 0.1) is 11.2 Å². The maximum absolute atomic E-state index is 13.5. The zero-order valence-electron chi connectivity index (χ0n) is 12.6. The lowest BCUT2D eigenvalue weighted by Gasteiger charge is -2.35. The van der Waals surface area contributed by atoms with Crippen molar-refractivity contribution >= 4 is 5.91 Å². The predicted molar refractivity (Wildman–Crippen MR) is 79.6 cm³/mol. The van der Waals surface area contributed by atoms with Gasteiger partial charge in [-0.25, -0.2) is 4.39 Å². The number of piperidine rings is 1. The largest absolute Gasteiger partial charge is 0.389 e. The average molecular weight is 294 g/mol. The number of likely N-dealkylation sites (tertiary alicyclic amines) is 1. The first-order valence-electron chi connectivity index (χ1n) is 7.35. The van der Waals surface area contributed by atoms with Crippen LogP contribution >= 0.6 is 0 Å². The average Bonchev–Trinajstić information content (AvgIpc) is 2.40. The summed E-state index contributed by atoms with van der Waals surface area (Å²) in [4.78, 5) is 14.2. The summed E-state index contributed by atoms with van der Waals surface area (Å²) < 4.78 is 13.5. The molecule has 1 aliphatic heterocycles. The highest BCUT2D eigenvalue weighted by Gasteiger charge is 2.25. The van der Waals surface area contributed by atoms with Gasteiger partial charge in [0.2, 0.25) is 0 Å². The van der Waals surface area contributed by atoms with Crippen LogP contribution in [0.1, 0.15) is 37.0 Å². The standard InChI is InChI=1S/C16H23FN2O2/c1-16(2,21)11-19-9-7-12(8-10-19)18-15(20)13-5-3-4-6-14(13)17/h3-6,12,21H,7-11H2,1-2H3,(H,18,20). The third-order valence-corrected chi connectivity index (χ3v) is 3.65. The molecule has 0 spiro atoms. The summed E-state index contributed by atoms with van der Waals surface area (Å²) >= 11 is 0. The number of amides is 1. The van der Waals surface area contributed by atoms with E-state index in [0.717, 1.165) is 25.9 Å². The number of rotatable bonds is 4. The van der Waals surface area contributed by atoms with E-state index in [1.165, 1.54) is 12.1 Å². The Morgan fingerprint density at radius 3 is 2.57 bits per heavy atom. The molecule has 2 N–H and O–H groups in total. The fourth-order valence-corrected chi connectivity index (χ4v) is 2.69. The number of aliphatic hydroxyl groups is 1. The maximum atomic E-state index is 13.5. The van der Waals surface area contributed by atoms with E-state index in [0.29, 0.717) is 6.54 Å². The van der Waals surface area contributed by atoms with E-state index >= 15 is 0 Å². The quantitative estimate of drug-likeness (QED) is 0.890. The zero-order valence-corrected chi connectivity index (χ0v) is 12.6. The molecule has 1 aromatic carbocycles. The van der Waals surface area contributed by atoms with Crippen LogP contribution in [0.2, 0.25) is 0 Å². The Labute approximate surface area is 125 Å². The second-order valence-electron chi connectivity index (χ2n) is 6.32. The third-order valence-electron chi connectivity index (χ3n) is 3.65. The van der Waals surface area contributed by atoms with E-state index in [1.54, 1.807) is 26.0 Å². The highest BCUT2D eigenvalue weighted by atomic mass is 19.1. The molecule has 1 aromatic rings. The van der Waals surface area contributed by atoms with E-state index in [4.69, 9.17) is 0 Å². The molecule has 0 bridgehead atoms. The third kappa shape index (κ3) is 4.79. The summed E-state index contributed by atoms with van der Waals surface area (Å²) in [5, 5.41) is 12.7. The minimum Gasteiger partial charge on any atom is -0.389 e. The van der Waals surface area contributed by atoms with Crippen LogP contribution in [0.4, 0.5) is 4.39 Å². The molecule has 4 nitrogen and oxygen atoms in total. The topological polar surface area (TPSA) is 52.6 Å². The summed E-state index contributed by atoms with van der Waals surface area (Å²) in [6.07, 6.45) is 1.63. The van der Waals surface area contributed by atoms with Crippen LogP contribution in [0.5, 0.6) is 0 Å². The fraction of sp³-hybridized carbons (Fsp3) is 0.562. The first kappa shape index (κ1) is 15.9. The molecule has 1 heterocycles. The molecule has 1 amide bonds. The maximum Gasteiger partial charge on any atom is 0.254 e. The lowest BCUT2D eigenvalue weighted by Crippen LogP contribution is -2.48. The molecule has 0 unspecified atom stereocenters. The number of β-amino-alcohol motifs (C(OH)–C–C–N with tert-alkyl or cyclic N) is 1. The molecule has 0 aliphatic carbocycles. The highest BCUT2D eigenvalue weighted by molar-refractivity contribution is 5.94. The number of halogens is 1. The van der Waals surface area contributed by atoms with Gasteiger partial charge in [-0.15, -0.1) is 0 Å². The van der Waals surface area contributed by atoms with Crippen molar-refractivity contribution in [2.45, 2.75) is 38.3 Å². The molecule has 5 heteroatoms. The minimum absolute atomic E-state index is 0.0650. The summed E-state index contributed by atoms with van der Waals surface area (Å²) in [6.45, 7) is 5.86. The van der Waals surface area contributed by atoms with Gasteiger partial charge >= 0.3 is 0 Å². The Hall–Kier alpha value is -1.46. The normalized spacial score (nSPS) is 17.7. The Bertz CT molecular complexity index is 491. The van der Waals surface area contributed by atoms with Crippen LogP contribution in [0, 0.1) is 5.82 Å². The SMILES string of the molecule is CC(C)(O)CN1CCC(NC(=O)c2ccccc2F)CC1. The van der Waals surface area contributed by atoms with E-state index in [-0.39, 0.29) is 17.5 Å². The van der Waals surface area contributed by atoms with Gasteiger partial charge in [0.1, 0.15) is 5.82 Å². The van der Waals surface area contributed by atoms with Crippen molar-refractivity contribution in [2.24, 2.45) is 0 Å². The van der Waals surface area contributed by atoms with Crippen LogP contribution in [-0.4, -0.2) is 47.2 Å². The molecule has 1 aliphatic rings. The Morgan fingerprint density at radius 1 is 1.38 bits per heavy atom. The van der Waals surface area contributed by atoms with Crippen LogP contribution in [-0.2, 0) is 0 Å². The van der Waals surface area contributed by atoms with Gasteiger partial charge in [-0.1, -0.05) is 12.1 Å². The molecular weight excluding hydrogens is 271 g/mol. The molecule has 21 heavy (non-hydrogen) atoms. The van der Waals surface area contributed by atoms with E-state index in [2.05, 4.69) is 10.2 Å². The van der Waals surface area contributed by atoms with Gasteiger partial charge in [-0.05, 0) is 38.8 Å². The van der Waals surface area contributed by atoms with E-state index < -0.39 is 11.4 Å². The molecule has 2 rings (SSSR count). The van der Waals surface area contributed by atoms with Gasteiger partial charge in [0.25, 0.3) is 5.91 Å². The molecule has 0 atom stereocenters. The second kappa shape index (κ2) is 6.54. The van der Waals surface area contributed by atoms with Gasteiger partial charge in [0.15, 0.2) is 0 Å². The van der Waals surface area contributed by atoms with Crippen molar-refractivity contribution in [3.8, 4) is 0 Å². The number of benzene rings is 1. The van der Waals surface area contributed by atoms with Crippen molar-refractivity contribution in [2.75, 3.05) is 19.6 Å². The number of hydrogen-bond donors (Lipinski definition) is 2. The van der Waals surface area contributed by atoms with Crippen molar-refractivity contribution in [1.29, 1.82) is 0 Å². The van der Waals surface area contributed by atoms with Crippen LogP contribution in [0.25, 0.3) is 0 Å². The number of carbonyl (C=O) groups is 1. The number of hydrogen-bond acceptors (Lipinski definition) is 3. The number of nitrogens with one attached hydrogen (secondary N) is 1. The van der Waals surface area contributed by atoms with Gasteiger partial charge in [-0.2, -0.15) is 0 Å².